The van der Waals surface area contributed by atoms with E-state index in [2.05, 4.69) is 6.58 Å². The second-order valence-corrected chi connectivity index (χ2v) is 3.27. The van der Waals surface area contributed by atoms with E-state index in [1.54, 1.807) is 0 Å². The Kier molecular flexibility index (Phi) is 6.33. The maximum atomic E-state index is 9.44. The van der Waals surface area contributed by atoms with E-state index in [0.29, 0.717) is 19.4 Å². The fourth-order valence-corrected chi connectivity index (χ4v) is 1.58. The number of aliphatic hydroxyl groups is 1. The van der Waals surface area contributed by atoms with Crippen LogP contribution in [0.15, 0.2) is 12.7 Å². The molecular weight excluding hydrogens is 190 g/mol. The van der Waals surface area contributed by atoms with Gasteiger partial charge in [-0.05, 0) is 12.8 Å². The van der Waals surface area contributed by atoms with Gasteiger partial charge in [0.25, 0.3) is 0 Å². The molecule has 1 rings (SSSR count). The van der Waals surface area contributed by atoms with Crippen molar-refractivity contribution in [3.8, 4) is 0 Å². The fraction of sp³-hybridized carbons (Fsp3) is 0.778. The van der Waals surface area contributed by atoms with Crippen LogP contribution in [0.5, 0.6) is 0 Å². The van der Waals surface area contributed by atoms with Crippen LogP contribution in [0.25, 0.3) is 0 Å². The maximum Gasteiger partial charge on any atom is 0.0725 e. The average Bonchev–Trinajstić information content (AvgIpc) is 2.04. The Balaban J connectivity index is 0.00000144. The summed E-state index contributed by atoms with van der Waals surface area (Å²) >= 11 is 0. The summed E-state index contributed by atoms with van der Waals surface area (Å²) in [6.07, 6.45) is 3.88. The van der Waals surface area contributed by atoms with Crippen LogP contribution in [0, 0.1) is 0 Å². The van der Waals surface area contributed by atoms with Crippen molar-refractivity contribution < 1.29 is 9.84 Å². The second kappa shape index (κ2) is 6.38. The SMILES string of the molecule is C=CC[C@H]1C[C@@H](O)C[C@@H](CN)O1.Cl. The van der Waals surface area contributed by atoms with Crippen molar-refractivity contribution in [3.05, 3.63) is 12.7 Å². The zero-order chi connectivity index (χ0) is 8.97. The molecule has 0 amide bonds. The molecule has 78 valence electrons. The molecule has 4 heteroatoms. The molecule has 3 N–H and O–H groups in total. The minimum atomic E-state index is -0.253. The Bertz CT molecular complexity index is 155. The van der Waals surface area contributed by atoms with Crippen molar-refractivity contribution in [1.82, 2.24) is 0 Å². The monoisotopic (exact) mass is 207 g/mol. The first-order chi connectivity index (χ1) is 5.76. The maximum absolute atomic E-state index is 9.44. The molecule has 0 aromatic heterocycles. The number of rotatable bonds is 3. The van der Waals surface area contributed by atoms with E-state index in [0.717, 1.165) is 6.42 Å². The number of nitrogens with two attached hydrogens (primary N) is 1. The minimum Gasteiger partial charge on any atom is -0.393 e. The number of hydrogen-bond donors (Lipinski definition) is 2. The van der Waals surface area contributed by atoms with E-state index >= 15 is 0 Å². The summed E-state index contributed by atoms with van der Waals surface area (Å²) in [5.41, 5.74) is 5.46. The third-order valence-corrected chi connectivity index (χ3v) is 2.15. The highest BCUT2D eigenvalue weighted by molar-refractivity contribution is 5.85. The van der Waals surface area contributed by atoms with Crippen molar-refractivity contribution in [2.75, 3.05) is 6.54 Å². The van der Waals surface area contributed by atoms with Gasteiger partial charge in [0.2, 0.25) is 0 Å². The van der Waals surface area contributed by atoms with Gasteiger partial charge >= 0.3 is 0 Å². The highest BCUT2D eigenvalue weighted by Gasteiger charge is 2.26. The zero-order valence-corrected chi connectivity index (χ0v) is 8.50. The van der Waals surface area contributed by atoms with E-state index in [1.807, 2.05) is 6.08 Å². The predicted molar refractivity (Wildman–Crippen MR) is 55.0 cm³/mol. The van der Waals surface area contributed by atoms with Gasteiger partial charge in [-0.25, -0.2) is 0 Å². The molecule has 1 aliphatic rings. The van der Waals surface area contributed by atoms with Crippen molar-refractivity contribution in [2.24, 2.45) is 5.73 Å². The Morgan fingerprint density at radius 3 is 2.62 bits per heavy atom. The lowest BCUT2D eigenvalue weighted by Crippen LogP contribution is -2.39. The number of aliphatic hydroxyl groups excluding tert-OH is 1. The number of ether oxygens (including phenoxy) is 1. The molecule has 1 fully saturated rings. The zero-order valence-electron chi connectivity index (χ0n) is 7.69. The molecule has 1 heterocycles. The Morgan fingerprint density at radius 1 is 1.46 bits per heavy atom. The van der Waals surface area contributed by atoms with E-state index < -0.39 is 0 Å². The second-order valence-electron chi connectivity index (χ2n) is 3.27. The van der Waals surface area contributed by atoms with Crippen molar-refractivity contribution in [1.29, 1.82) is 0 Å². The van der Waals surface area contributed by atoms with E-state index in [9.17, 15) is 5.11 Å². The lowest BCUT2D eigenvalue weighted by molar-refractivity contribution is -0.0891. The summed E-state index contributed by atoms with van der Waals surface area (Å²) in [7, 11) is 0. The normalized spacial score (nSPS) is 33.5. The van der Waals surface area contributed by atoms with Gasteiger partial charge in [0, 0.05) is 13.0 Å². The molecule has 0 spiro atoms. The van der Waals surface area contributed by atoms with Gasteiger partial charge in [0.05, 0.1) is 18.3 Å². The third-order valence-electron chi connectivity index (χ3n) is 2.15. The summed E-state index contributed by atoms with van der Waals surface area (Å²) in [6, 6.07) is 0. The van der Waals surface area contributed by atoms with Crippen LogP contribution in [0.2, 0.25) is 0 Å². The van der Waals surface area contributed by atoms with Gasteiger partial charge in [-0.3, -0.25) is 0 Å². The summed E-state index contributed by atoms with van der Waals surface area (Å²) in [5.74, 6) is 0. The average molecular weight is 208 g/mol. The van der Waals surface area contributed by atoms with Crippen molar-refractivity contribution >= 4 is 12.4 Å². The van der Waals surface area contributed by atoms with Crippen LogP contribution < -0.4 is 5.73 Å². The van der Waals surface area contributed by atoms with E-state index in [1.165, 1.54) is 0 Å². The van der Waals surface area contributed by atoms with Gasteiger partial charge in [-0.15, -0.1) is 19.0 Å². The molecule has 1 saturated heterocycles. The minimum absolute atomic E-state index is 0. The number of halogens is 1. The predicted octanol–water partition coefficient (Wildman–Crippen LogP) is 0.851. The van der Waals surface area contributed by atoms with Crippen LogP contribution in [-0.2, 0) is 4.74 Å². The first-order valence-electron chi connectivity index (χ1n) is 4.40. The van der Waals surface area contributed by atoms with Gasteiger partial charge in [0.1, 0.15) is 0 Å². The van der Waals surface area contributed by atoms with Crippen molar-refractivity contribution in [3.63, 3.8) is 0 Å². The standard InChI is InChI=1S/C9H17NO2.ClH/c1-2-3-8-4-7(11)5-9(6-10)12-8;/h2,7-9,11H,1,3-6,10H2;1H/t7-,8+,9+;/m1./s1. The first kappa shape index (κ1) is 12.9. The van der Waals surface area contributed by atoms with Gasteiger partial charge in [-0.2, -0.15) is 0 Å². The molecule has 0 unspecified atom stereocenters. The molecule has 0 aromatic rings. The molecule has 13 heavy (non-hydrogen) atoms. The third kappa shape index (κ3) is 4.09. The molecule has 3 atom stereocenters. The van der Waals surface area contributed by atoms with Crippen LogP contribution in [0.4, 0.5) is 0 Å². The molecule has 0 aromatic carbocycles. The Labute approximate surface area is 85.4 Å². The molecule has 0 saturated carbocycles. The van der Waals surface area contributed by atoms with Crippen LogP contribution >= 0.6 is 12.4 Å². The molecule has 0 radical (unpaired) electrons. The Hall–Kier alpha value is -0.0900. The Morgan fingerprint density at radius 2 is 2.08 bits per heavy atom. The largest absolute Gasteiger partial charge is 0.393 e. The van der Waals surface area contributed by atoms with Crippen LogP contribution in [0.1, 0.15) is 19.3 Å². The van der Waals surface area contributed by atoms with Gasteiger partial charge < -0.3 is 15.6 Å². The summed E-state index contributed by atoms with van der Waals surface area (Å²) in [4.78, 5) is 0. The lowest BCUT2D eigenvalue weighted by atomic mass is 9.99. The topological polar surface area (TPSA) is 55.5 Å². The molecular formula is C9H18ClNO2. The van der Waals surface area contributed by atoms with E-state index in [4.69, 9.17) is 10.5 Å². The number of hydrogen-bond acceptors (Lipinski definition) is 3. The smallest absolute Gasteiger partial charge is 0.0725 e. The van der Waals surface area contributed by atoms with Crippen LogP contribution in [0.3, 0.4) is 0 Å². The van der Waals surface area contributed by atoms with Gasteiger partial charge in [-0.1, -0.05) is 6.08 Å². The highest BCUT2D eigenvalue weighted by Crippen LogP contribution is 2.21. The molecule has 0 bridgehead atoms. The quantitative estimate of drug-likeness (QED) is 0.675. The highest BCUT2D eigenvalue weighted by atomic mass is 35.5. The fourth-order valence-electron chi connectivity index (χ4n) is 1.58. The first-order valence-corrected chi connectivity index (χ1v) is 4.40. The lowest BCUT2D eigenvalue weighted by Gasteiger charge is -2.32. The summed E-state index contributed by atoms with van der Waals surface area (Å²) in [5, 5.41) is 9.44. The van der Waals surface area contributed by atoms with Gasteiger partial charge in [0.15, 0.2) is 0 Å². The molecule has 1 aliphatic heterocycles. The van der Waals surface area contributed by atoms with Crippen molar-refractivity contribution in [2.45, 2.75) is 37.6 Å². The molecule has 0 aliphatic carbocycles. The summed E-state index contributed by atoms with van der Waals surface area (Å²) < 4.78 is 5.59. The summed E-state index contributed by atoms with van der Waals surface area (Å²) in [6.45, 7) is 4.13. The molecule has 3 nitrogen and oxygen atoms in total. The van der Waals surface area contributed by atoms with Crippen LogP contribution in [-0.4, -0.2) is 30.0 Å². The van der Waals surface area contributed by atoms with E-state index in [-0.39, 0.29) is 30.7 Å².